The molecule has 0 radical (unpaired) electrons. The summed E-state index contributed by atoms with van der Waals surface area (Å²) in [6.07, 6.45) is 4.41. The van der Waals surface area contributed by atoms with Gasteiger partial charge in [0.05, 0.1) is 12.7 Å². The van der Waals surface area contributed by atoms with Crippen LogP contribution in [0.5, 0.6) is 0 Å². The standard InChI is InChI=1S/C16H18ClN3O/c1-3-4-12(2)16(21)19-15-9-10-18-20(15)11-13-5-7-14(17)8-6-13/h4-10H,3,11H2,1-2H3,(H,19,21). The van der Waals surface area contributed by atoms with Gasteiger partial charge in [-0.25, -0.2) is 4.68 Å². The first-order valence-electron chi connectivity index (χ1n) is 6.84. The highest BCUT2D eigenvalue weighted by atomic mass is 35.5. The zero-order valence-electron chi connectivity index (χ0n) is 12.1. The van der Waals surface area contributed by atoms with E-state index in [-0.39, 0.29) is 5.91 Å². The molecule has 0 bridgehead atoms. The Labute approximate surface area is 129 Å². The number of carbonyl (C=O) groups excluding carboxylic acids is 1. The van der Waals surface area contributed by atoms with E-state index in [9.17, 15) is 4.79 Å². The predicted octanol–water partition coefficient (Wildman–Crippen LogP) is 3.88. The number of amides is 1. The number of rotatable bonds is 5. The molecule has 4 nitrogen and oxygen atoms in total. The van der Waals surface area contributed by atoms with E-state index < -0.39 is 0 Å². The Kier molecular flexibility index (Phi) is 5.17. The van der Waals surface area contributed by atoms with E-state index >= 15 is 0 Å². The summed E-state index contributed by atoms with van der Waals surface area (Å²) in [4.78, 5) is 12.0. The van der Waals surface area contributed by atoms with E-state index in [1.807, 2.05) is 37.3 Å². The van der Waals surface area contributed by atoms with Crippen molar-refractivity contribution in [3.05, 3.63) is 58.8 Å². The summed E-state index contributed by atoms with van der Waals surface area (Å²) >= 11 is 5.87. The molecule has 1 amide bonds. The Morgan fingerprint density at radius 2 is 2.05 bits per heavy atom. The first kappa shape index (κ1) is 15.3. The fourth-order valence-corrected chi connectivity index (χ4v) is 2.07. The fraction of sp³-hybridized carbons (Fsp3) is 0.250. The Hall–Kier alpha value is -2.07. The maximum atomic E-state index is 12.0. The molecule has 1 N–H and O–H groups in total. The quantitative estimate of drug-likeness (QED) is 0.852. The van der Waals surface area contributed by atoms with Gasteiger partial charge in [0.15, 0.2) is 0 Å². The van der Waals surface area contributed by atoms with Crippen LogP contribution in [0.25, 0.3) is 0 Å². The summed E-state index contributed by atoms with van der Waals surface area (Å²) in [6.45, 7) is 4.39. The first-order chi connectivity index (χ1) is 10.1. The molecule has 0 aliphatic carbocycles. The van der Waals surface area contributed by atoms with E-state index in [1.54, 1.807) is 23.9 Å². The average molecular weight is 304 g/mol. The molecule has 5 heteroatoms. The normalized spacial score (nSPS) is 11.5. The Morgan fingerprint density at radius 1 is 1.33 bits per heavy atom. The van der Waals surface area contributed by atoms with Crippen LogP contribution < -0.4 is 5.32 Å². The maximum Gasteiger partial charge on any atom is 0.252 e. The largest absolute Gasteiger partial charge is 0.307 e. The van der Waals surface area contributed by atoms with Crippen molar-refractivity contribution in [3.63, 3.8) is 0 Å². The van der Waals surface area contributed by atoms with E-state index in [0.717, 1.165) is 12.0 Å². The number of hydrogen-bond donors (Lipinski definition) is 1. The van der Waals surface area contributed by atoms with Crippen molar-refractivity contribution in [1.82, 2.24) is 9.78 Å². The molecule has 0 saturated carbocycles. The molecule has 21 heavy (non-hydrogen) atoms. The van der Waals surface area contributed by atoms with Crippen molar-refractivity contribution >= 4 is 23.3 Å². The molecule has 2 rings (SSSR count). The molecule has 0 unspecified atom stereocenters. The topological polar surface area (TPSA) is 46.9 Å². The Balaban J connectivity index is 2.10. The van der Waals surface area contributed by atoms with Gasteiger partial charge < -0.3 is 5.32 Å². The number of hydrogen-bond acceptors (Lipinski definition) is 2. The number of halogens is 1. The summed E-state index contributed by atoms with van der Waals surface area (Å²) in [5, 5.41) is 7.82. The zero-order valence-corrected chi connectivity index (χ0v) is 12.9. The molecule has 110 valence electrons. The van der Waals surface area contributed by atoms with Crippen molar-refractivity contribution in [2.24, 2.45) is 0 Å². The second-order valence-corrected chi connectivity index (χ2v) is 5.19. The van der Waals surface area contributed by atoms with Crippen LogP contribution in [0.15, 0.2) is 48.2 Å². The van der Waals surface area contributed by atoms with Crippen molar-refractivity contribution in [1.29, 1.82) is 0 Å². The fourth-order valence-electron chi connectivity index (χ4n) is 1.94. The van der Waals surface area contributed by atoms with Crippen LogP contribution in [0.3, 0.4) is 0 Å². The Morgan fingerprint density at radius 3 is 2.71 bits per heavy atom. The molecule has 0 spiro atoms. The molecule has 0 saturated heterocycles. The smallest absolute Gasteiger partial charge is 0.252 e. The Bertz CT molecular complexity index is 644. The van der Waals surface area contributed by atoms with Gasteiger partial charge in [-0.2, -0.15) is 5.10 Å². The maximum absolute atomic E-state index is 12.0. The minimum absolute atomic E-state index is 0.102. The van der Waals surface area contributed by atoms with Crippen LogP contribution >= 0.6 is 11.6 Å². The van der Waals surface area contributed by atoms with E-state index in [0.29, 0.717) is 23.0 Å². The molecule has 1 aromatic carbocycles. The molecule has 2 aromatic rings. The summed E-state index contributed by atoms with van der Waals surface area (Å²) in [5.41, 5.74) is 1.77. The van der Waals surface area contributed by atoms with Crippen molar-refractivity contribution in [2.75, 3.05) is 5.32 Å². The minimum Gasteiger partial charge on any atom is -0.307 e. The van der Waals surface area contributed by atoms with Crippen LogP contribution in [0, 0.1) is 0 Å². The van der Waals surface area contributed by atoms with Gasteiger partial charge in [-0.3, -0.25) is 4.79 Å². The molecular formula is C16H18ClN3O. The SMILES string of the molecule is CCC=C(C)C(=O)Nc1ccnn1Cc1ccc(Cl)cc1. The number of aromatic nitrogens is 2. The van der Waals surface area contributed by atoms with Crippen LogP contribution in [0.2, 0.25) is 5.02 Å². The lowest BCUT2D eigenvalue weighted by atomic mass is 10.2. The molecule has 1 aromatic heterocycles. The van der Waals surface area contributed by atoms with Gasteiger partial charge in [0, 0.05) is 16.7 Å². The lowest BCUT2D eigenvalue weighted by molar-refractivity contribution is -0.112. The summed E-state index contributed by atoms with van der Waals surface area (Å²) in [6, 6.07) is 9.35. The van der Waals surface area contributed by atoms with Gasteiger partial charge in [0.1, 0.15) is 5.82 Å². The van der Waals surface area contributed by atoms with Crippen LogP contribution in [0.1, 0.15) is 25.8 Å². The highest BCUT2D eigenvalue weighted by molar-refractivity contribution is 6.30. The highest BCUT2D eigenvalue weighted by Gasteiger charge is 2.09. The third-order valence-electron chi connectivity index (χ3n) is 3.07. The molecule has 0 atom stereocenters. The number of anilines is 1. The van der Waals surface area contributed by atoms with Gasteiger partial charge in [-0.1, -0.05) is 36.7 Å². The second-order valence-electron chi connectivity index (χ2n) is 4.75. The minimum atomic E-state index is -0.102. The van der Waals surface area contributed by atoms with Crippen molar-refractivity contribution < 1.29 is 4.79 Å². The monoisotopic (exact) mass is 303 g/mol. The lowest BCUT2D eigenvalue weighted by Gasteiger charge is -2.09. The van der Waals surface area contributed by atoms with Crippen LogP contribution in [-0.4, -0.2) is 15.7 Å². The van der Waals surface area contributed by atoms with Crippen molar-refractivity contribution in [3.8, 4) is 0 Å². The van der Waals surface area contributed by atoms with Gasteiger partial charge in [0.25, 0.3) is 5.91 Å². The number of nitrogens with zero attached hydrogens (tertiary/aromatic N) is 2. The van der Waals surface area contributed by atoms with Crippen LogP contribution in [-0.2, 0) is 11.3 Å². The number of allylic oxidation sites excluding steroid dienone is 1. The predicted molar refractivity (Wildman–Crippen MR) is 85.5 cm³/mol. The third kappa shape index (κ3) is 4.20. The second kappa shape index (κ2) is 7.09. The zero-order chi connectivity index (χ0) is 15.2. The van der Waals surface area contributed by atoms with E-state index in [1.165, 1.54) is 0 Å². The summed E-state index contributed by atoms with van der Waals surface area (Å²) < 4.78 is 1.75. The molecular weight excluding hydrogens is 286 g/mol. The summed E-state index contributed by atoms with van der Waals surface area (Å²) in [5.74, 6) is 0.577. The van der Waals surface area contributed by atoms with Crippen molar-refractivity contribution in [2.45, 2.75) is 26.8 Å². The number of benzene rings is 1. The van der Waals surface area contributed by atoms with E-state index in [4.69, 9.17) is 11.6 Å². The molecule has 0 aliphatic heterocycles. The summed E-state index contributed by atoms with van der Waals surface area (Å²) in [7, 11) is 0. The lowest BCUT2D eigenvalue weighted by Crippen LogP contribution is -2.16. The van der Waals surface area contributed by atoms with Gasteiger partial charge in [0.2, 0.25) is 0 Å². The first-order valence-corrected chi connectivity index (χ1v) is 7.22. The highest BCUT2D eigenvalue weighted by Crippen LogP contribution is 2.14. The number of carbonyl (C=O) groups is 1. The number of nitrogens with one attached hydrogen (secondary N) is 1. The van der Waals surface area contributed by atoms with Gasteiger partial charge in [-0.15, -0.1) is 0 Å². The molecule has 0 aliphatic rings. The van der Waals surface area contributed by atoms with E-state index in [2.05, 4.69) is 10.4 Å². The van der Waals surface area contributed by atoms with Crippen LogP contribution in [0.4, 0.5) is 5.82 Å². The van der Waals surface area contributed by atoms with Gasteiger partial charge in [-0.05, 0) is 31.0 Å². The third-order valence-corrected chi connectivity index (χ3v) is 3.32. The molecule has 1 heterocycles. The van der Waals surface area contributed by atoms with Gasteiger partial charge >= 0.3 is 0 Å². The average Bonchev–Trinajstić information content (AvgIpc) is 2.89. The molecule has 0 fully saturated rings.